The summed E-state index contributed by atoms with van der Waals surface area (Å²) in [6.07, 6.45) is 1.85. The summed E-state index contributed by atoms with van der Waals surface area (Å²) in [6, 6.07) is 4.38. The van der Waals surface area contributed by atoms with Crippen LogP contribution in [0, 0.1) is 6.92 Å². The molecule has 0 aliphatic heterocycles. The summed E-state index contributed by atoms with van der Waals surface area (Å²) in [6.45, 7) is 6.87. The van der Waals surface area contributed by atoms with Gasteiger partial charge in [0.05, 0.1) is 6.61 Å². The van der Waals surface area contributed by atoms with Gasteiger partial charge in [-0.1, -0.05) is 22.9 Å². The zero-order valence-corrected chi connectivity index (χ0v) is 11.8. The normalized spacial score (nSPS) is 12.6. The summed E-state index contributed by atoms with van der Waals surface area (Å²) >= 11 is 3.51. The molecule has 90 valence electrons. The number of hydrogen-bond donors (Lipinski definition) is 1. The molecule has 1 aromatic rings. The Kier molecular flexibility index (Phi) is 5.29. The minimum Gasteiger partial charge on any atom is -0.493 e. The van der Waals surface area contributed by atoms with Gasteiger partial charge in [0.15, 0.2) is 0 Å². The average Bonchev–Trinajstić information content (AvgIpc) is 2.23. The molecule has 0 amide bonds. The first-order valence-electron chi connectivity index (χ1n) is 5.75. The molecule has 1 atom stereocenters. The van der Waals surface area contributed by atoms with Gasteiger partial charge in [0, 0.05) is 10.5 Å². The van der Waals surface area contributed by atoms with Crippen LogP contribution in [0.5, 0.6) is 5.75 Å². The number of rotatable bonds is 5. The van der Waals surface area contributed by atoms with Gasteiger partial charge in [-0.3, -0.25) is 0 Å². The standard InChI is InChI=1S/C13H20BrNO/c1-4-12(15)8-10-7-11(14)6-9(3)13(10)16-5-2/h6-7,12H,4-5,8,15H2,1-3H3. The first-order chi connectivity index (χ1) is 7.58. The van der Waals surface area contributed by atoms with Crippen molar-refractivity contribution in [1.82, 2.24) is 0 Å². The van der Waals surface area contributed by atoms with E-state index in [2.05, 4.69) is 41.9 Å². The minimum atomic E-state index is 0.202. The lowest BCUT2D eigenvalue weighted by Gasteiger charge is -2.16. The molecule has 0 saturated heterocycles. The van der Waals surface area contributed by atoms with Crippen LogP contribution < -0.4 is 10.5 Å². The number of benzene rings is 1. The summed E-state index contributed by atoms with van der Waals surface area (Å²) < 4.78 is 6.78. The van der Waals surface area contributed by atoms with Crippen LogP contribution in [0.1, 0.15) is 31.4 Å². The fraction of sp³-hybridized carbons (Fsp3) is 0.538. The highest BCUT2D eigenvalue weighted by atomic mass is 79.9. The molecule has 1 unspecified atom stereocenters. The van der Waals surface area contributed by atoms with E-state index in [0.717, 1.165) is 28.6 Å². The summed E-state index contributed by atoms with van der Waals surface area (Å²) in [5.41, 5.74) is 8.36. The van der Waals surface area contributed by atoms with Gasteiger partial charge in [-0.25, -0.2) is 0 Å². The summed E-state index contributed by atoms with van der Waals surface area (Å²) in [5, 5.41) is 0. The molecule has 2 N–H and O–H groups in total. The van der Waals surface area contributed by atoms with E-state index in [1.54, 1.807) is 0 Å². The van der Waals surface area contributed by atoms with Crippen LogP contribution in [-0.4, -0.2) is 12.6 Å². The molecule has 0 aromatic heterocycles. The van der Waals surface area contributed by atoms with Crippen LogP contribution in [0.4, 0.5) is 0 Å². The van der Waals surface area contributed by atoms with Gasteiger partial charge in [-0.2, -0.15) is 0 Å². The summed E-state index contributed by atoms with van der Waals surface area (Å²) in [4.78, 5) is 0. The molecule has 0 fully saturated rings. The van der Waals surface area contributed by atoms with Crippen molar-refractivity contribution in [3.63, 3.8) is 0 Å². The monoisotopic (exact) mass is 285 g/mol. The predicted octanol–water partition coefficient (Wildman–Crippen LogP) is 3.44. The van der Waals surface area contributed by atoms with Crippen molar-refractivity contribution >= 4 is 15.9 Å². The first kappa shape index (κ1) is 13.5. The summed E-state index contributed by atoms with van der Waals surface area (Å²) in [7, 11) is 0. The Bertz CT molecular complexity index is 352. The lowest BCUT2D eigenvalue weighted by molar-refractivity contribution is 0.333. The number of halogens is 1. The molecule has 16 heavy (non-hydrogen) atoms. The van der Waals surface area contributed by atoms with Crippen molar-refractivity contribution < 1.29 is 4.74 Å². The van der Waals surface area contributed by atoms with Crippen LogP contribution >= 0.6 is 15.9 Å². The molecule has 0 spiro atoms. The van der Waals surface area contributed by atoms with Gasteiger partial charge < -0.3 is 10.5 Å². The van der Waals surface area contributed by atoms with E-state index >= 15 is 0 Å². The molecule has 0 saturated carbocycles. The Hall–Kier alpha value is -0.540. The van der Waals surface area contributed by atoms with Crippen molar-refractivity contribution in [2.24, 2.45) is 5.73 Å². The molecule has 0 bridgehead atoms. The Balaban J connectivity index is 3.03. The number of ether oxygens (including phenoxy) is 1. The Morgan fingerprint density at radius 1 is 1.38 bits per heavy atom. The lowest BCUT2D eigenvalue weighted by Crippen LogP contribution is -2.22. The van der Waals surface area contributed by atoms with Gasteiger partial charge in [0.25, 0.3) is 0 Å². The third-order valence-corrected chi connectivity index (χ3v) is 3.07. The molecule has 3 heteroatoms. The van der Waals surface area contributed by atoms with E-state index in [0.29, 0.717) is 6.61 Å². The number of hydrogen-bond acceptors (Lipinski definition) is 2. The van der Waals surface area contributed by atoms with Crippen LogP contribution in [0.25, 0.3) is 0 Å². The number of nitrogens with two attached hydrogens (primary N) is 1. The van der Waals surface area contributed by atoms with Gasteiger partial charge >= 0.3 is 0 Å². The van der Waals surface area contributed by atoms with Gasteiger partial charge in [0.1, 0.15) is 5.75 Å². The lowest BCUT2D eigenvalue weighted by atomic mass is 10.0. The smallest absolute Gasteiger partial charge is 0.125 e. The maximum atomic E-state index is 6.00. The van der Waals surface area contributed by atoms with Crippen LogP contribution in [0.2, 0.25) is 0 Å². The van der Waals surface area contributed by atoms with Gasteiger partial charge in [-0.15, -0.1) is 0 Å². The minimum absolute atomic E-state index is 0.202. The van der Waals surface area contributed by atoms with Crippen molar-refractivity contribution in [2.45, 2.75) is 39.7 Å². The second-order valence-corrected chi connectivity index (χ2v) is 4.93. The SMILES string of the molecule is CCOc1c(C)cc(Br)cc1CC(N)CC. The highest BCUT2D eigenvalue weighted by Gasteiger charge is 2.11. The van der Waals surface area contributed by atoms with Crippen LogP contribution in [0.3, 0.4) is 0 Å². The Morgan fingerprint density at radius 3 is 2.62 bits per heavy atom. The molecule has 0 radical (unpaired) electrons. The third kappa shape index (κ3) is 3.49. The third-order valence-electron chi connectivity index (χ3n) is 2.61. The van der Waals surface area contributed by atoms with Crippen molar-refractivity contribution in [1.29, 1.82) is 0 Å². The zero-order chi connectivity index (χ0) is 12.1. The Morgan fingerprint density at radius 2 is 2.06 bits per heavy atom. The van der Waals surface area contributed by atoms with Crippen LogP contribution in [-0.2, 0) is 6.42 Å². The molecular weight excluding hydrogens is 266 g/mol. The quantitative estimate of drug-likeness (QED) is 0.900. The van der Waals surface area contributed by atoms with Gasteiger partial charge in [0.2, 0.25) is 0 Å². The zero-order valence-electron chi connectivity index (χ0n) is 10.2. The van der Waals surface area contributed by atoms with E-state index in [1.807, 2.05) is 6.92 Å². The highest BCUT2D eigenvalue weighted by Crippen LogP contribution is 2.29. The molecule has 0 aliphatic carbocycles. The largest absolute Gasteiger partial charge is 0.493 e. The Labute approximate surface area is 106 Å². The summed E-state index contributed by atoms with van der Waals surface area (Å²) in [5.74, 6) is 0.995. The average molecular weight is 286 g/mol. The van der Waals surface area contributed by atoms with E-state index in [9.17, 15) is 0 Å². The fourth-order valence-electron chi connectivity index (χ4n) is 1.73. The fourth-order valence-corrected chi connectivity index (χ4v) is 2.35. The first-order valence-corrected chi connectivity index (χ1v) is 6.55. The molecule has 1 rings (SSSR count). The predicted molar refractivity (Wildman–Crippen MR) is 72.0 cm³/mol. The molecule has 0 aliphatic rings. The molecule has 2 nitrogen and oxygen atoms in total. The van der Waals surface area contributed by atoms with Crippen molar-refractivity contribution in [2.75, 3.05) is 6.61 Å². The van der Waals surface area contributed by atoms with Gasteiger partial charge in [-0.05, 0) is 49.9 Å². The highest BCUT2D eigenvalue weighted by molar-refractivity contribution is 9.10. The van der Waals surface area contributed by atoms with E-state index in [-0.39, 0.29) is 6.04 Å². The maximum absolute atomic E-state index is 6.00. The van der Waals surface area contributed by atoms with E-state index in [1.165, 1.54) is 5.56 Å². The molecular formula is C13H20BrNO. The van der Waals surface area contributed by atoms with Crippen molar-refractivity contribution in [3.05, 3.63) is 27.7 Å². The maximum Gasteiger partial charge on any atom is 0.125 e. The molecule has 0 heterocycles. The second-order valence-electron chi connectivity index (χ2n) is 4.02. The number of aryl methyl sites for hydroxylation is 1. The van der Waals surface area contributed by atoms with E-state index < -0.39 is 0 Å². The van der Waals surface area contributed by atoms with Crippen molar-refractivity contribution in [3.8, 4) is 5.75 Å². The topological polar surface area (TPSA) is 35.2 Å². The second kappa shape index (κ2) is 6.26. The van der Waals surface area contributed by atoms with E-state index in [4.69, 9.17) is 10.5 Å². The van der Waals surface area contributed by atoms with Crippen LogP contribution in [0.15, 0.2) is 16.6 Å². The molecule has 1 aromatic carbocycles.